The molecule has 0 aliphatic heterocycles. The van der Waals surface area contributed by atoms with Crippen LogP contribution >= 0.6 is 0 Å². The van der Waals surface area contributed by atoms with Crippen LogP contribution in [0.4, 0.5) is 0 Å². The predicted molar refractivity (Wildman–Crippen MR) is 88.7 cm³/mol. The van der Waals surface area contributed by atoms with Crippen molar-refractivity contribution < 1.29 is 9.53 Å². The van der Waals surface area contributed by atoms with Crippen molar-refractivity contribution in [1.82, 2.24) is 5.32 Å². The minimum absolute atomic E-state index is 0.150. The lowest BCUT2D eigenvalue weighted by Gasteiger charge is -2.15. The van der Waals surface area contributed by atoms with Gasteiger partial charge in [0.1, 0.15) is 0 Å². The normalized spacial score (nSPS) is 11.9. The van der Waals surface area contributed by atoms with E-state index >= 15 is 0 Å². The Labute approximate surface area is 132 Å². The van der Waals surface area contributed by atoms with Crippen LogP contribution in [-0.4, -0.2) is 26.2 Å². The Kier molecular flexibility index (Phi) is 6.65. The molecule has 2 aromatic rings. The Balaban J connectivity index is 1.81. The van der Waals surface area contributed by atoms with E-state index in [9.17, 15) is 4.79 Å². The monoisotopic (exact) mass is 297 g/mol. The van der Waals surface area contributed by atoms with Crippen molar-refractivity contribution in [3.63, 3.8) is 0 Å². The van der Waals surface area contributed by atoms with Crippen molar-refractivity contribution in [2.45, 2.75) is 12.8 Å². The van der Waals surface area contributed by atoms with E-state index in [0.717, 1.165) is 18.5 Å². The third-order valence-corrected chi connectivity index (χ3v) is 3.68. The topological polar surface area (TPSA) is 38.3 Å². The number of esters is 1. The molecular formula is C19H23NO2. The van der Waals surface area contributed by atoms with E-state index < -0.39 is 0 Å². The second-order valence-electron chi connectivity index (χ2n) is 5.35. The van der Waals surface area contributed by atoms with Crippen LogP contribution in [0.3, 0.4) is 0 Å². The zero-order chi connectivity index (χ0) is 15.6. The lowest BCUT2D eigenvalue weighted by molar-refractivity contribution is -0.145. The molecular weight excluding hydrogens is 274 g/mol. The minimum atomic E-state index is -0.156. The molecule has 3 heteroatoms. The molecule has 3 nitrogen and oxygen atoms in total. The van der Waals surface area contributed by atoms with Gasteiger partial charge in [-0.15, -0.1) is 0 Å². The molecule has 0 aliphatic rings. The van der Waals surface area contributed by atoms with Gasteiger partial charge in [-0.3, -0.25) is 4.79 Å². The molecule has 0 saturated heterocycles. The lowest BCUT2D eigenvalue weighted by atomic mass is 9.99. The second kappa shape index (κ2) is 9.00. The summed E-state index contributed by atoms with van der Waals surface area (Å²) in [5, 5.41) is 3.37. The maximum absolute atomic E-state index is 11.9. The Hall–Kier alpha value is -2.13. The Morgan fingerprint density at radius 3 is 2.18 bits per heavy atom. The van der Waals surface area contributed by atoms with Crippen LogP contribution in [0, 0.1) is 5.92 Å². The molecule has 0 aliphatic carbocycles. The van der Waals surface area contributed by atoms with Crippen LogP contribution in [0.25, 0.3) is 0 Å². The van der Waals surface area contributed by atoms with Crippen LogP contribution in [0.15, 0.2) is 60.7 Å². The molecule has 0 fully saturated rings. The summed E-state index contributed by atoms with van der Waals surface area (Å²) in [7, 11) is 1.45. The van der Waals surface area contributed by atoms with Gasteiger partial charge >= 0.3 is 5.97 Å². The van der Waals surface area contributed by atoms with Gasteiger partial charge in [0.15, 0.2) is 0 Å². The first-order valence-electron chi connectivity index (χ1n) is 7.66. The Morgan fingerprint density at radius 2 is 1.59 bits per heavy atom. The molecule has 0 heterocycles. The minimum Gasteiger partial charge on any atom is -0.469 e. The number of hydrogen-bond donors (Lipinski definition) is 1. The van der Waals surface area contributed by atoms with Gasteiger partial charge in [-0.1, -0.05) is 60.7 Å². The van der Waals surface area contributed by atoms with Crippen LogP contribution in [0.5, 0.6) is 0 Å². The Bertz CT molecular complexity index is 554. The number of nitrogens with one attached hydrogen (secondary N) is 1. The smallest absolute Gasteiger partial charge is 0.310 e. The first-order valence-corrected chi connectivity index (χ1v) is 7.66. The lowest BCUT2D eigenvalue weighted by Crippen LogP contribution is -2.32. The highest BCUT2D eigenvalue weighted by molar-refractivity contribution is 5.72. The molecule has 116 valence electrons. The molecule has 2 rings (SSSR count). The van der Waals surface area contributed by atoms with Crippen LogP contribution < -0.4 is 5.32 Å². The third kappa shape index (κ3) is 5.34. The summed E-state index contributed by atoms with van der Waals surface area (Å²) in [6, 6.07) is 20.4. The first kappa shape index (κ1) is 16.2. The van der Waals surface area contributed by atoms with Crippen molar-refractivity contribution in [3.05, 3.63) is 71.8 Å². The number of rotatable bonds is 8. The fourth-order valence-electron chi connectivity index (χ4n) is 2.46. The number of benzene rings is 2. The van der Waals surface area contributed by atoms with Crippen LogP contribution in [0.2, 0.25) is 0 Å². The SMILES string of the molecule is COC(=O)C(CNCCc1ccccc1)Cc1ccccc1. The van der Waals surface area contributed by atoms with Crippen molar-refractivity contribution in [3.8, 4) is 0 Å². The first-order chi connectivity index (χ1) is 10.8. The molecule has 0 radical (unpaired) electrons. The fourth-order valence-corrected chi connectivity index (χ4v) is 2.46. The summed E-state index contributed by atoms with van der Waals surface area (Å²) in [5.41, 5.74) is 2.45. The summed E-state index contributed by atoms with van der Waals surface area (Å²) >= 11 is 0. The third-order valence-electron chi connectivity index (χ3n) is 3.68. The van der Waals surface area contributed by atoms with Crippen molar-refractivity contribution in [2.24, 2.45) is 5.92 Å². The number of hydrogen-bond acceptors (Lipinski definition) is 3. The zero-order valence-corrected chi connectivity index (χ0v) is 13.0. The van der Waals surface area contributed by atoms with Gasteiger partial charge in [-0.25, -0.2) is 0 Å². The van der Waals surface area contributed by atoms with Gasteiger partial charge < -0.3 is 10.1 Å². The van der Waals surface area contributed by atoms with E-state index in [1.165, 1.54) is 12.7 Å². The Morgan fingerprint density at radius 1 is 1.00 bits per heavy atom. The second-order valence-corrected chi connectivity index (χ2v) is 5.35. The summed E-state index contributed by atoms with van der Waals surface area (Å²) in [6.07, 6.45) is 1.66. The molecule has 0 aromatic heterocycles. The van der Waals surface area contributed by atoms with E-state index in [2.05, 4.69) is 17.4 Å². The average Bonchev–Trinajstić information content (AvgIpc) is 2.58. The number of methoxy groups -OCH3 is 1. The quantitative estimate of drug-likeness (QED) is 0.601. The summed E-state index contributed by atoms with van der Waals surface area (Å²) < 4.78 is 4.92. The molecule has 0 spiro atoms. The van der Waals surface area contributed by atoms with E-state index in [-0.39, 0.29) is 11.9 Å². The van der Waals surface area contributed by atoms with Gasteiger partial charge in [0.05, 0.1) is 13.0 Å². The van der Waals surface area contributed by atoms with Gasteiger partial charge in [-0.2, -0.15) is 0 Å². The van der Waals surface area contributed by atoms with Gasteiger partial charge in [0, 0.05) is 6.54 Å². The molecule has 1 atom stereocenters. The van der Waals surface area contributed by atoms with Crippen LogP contribution in [-0.2, 0) is 22.4 Å². The number of ether oxygens (including phenoxy) is 1. The molecule has 22 heavy (non-hydrogen) atoms. The van der Waals surface area contributed by atoms with E-state index in [1.807, 2.05) is 48.5 Å². The molecule has 1 unspecified atom stereocenters. The van der Waals surface area contributed by atoms with Gasteiger partial charge in [0.2, 0.25) is 0 Å². The highest BCUT2D eigenvalue weighted by atomic mass is 16.5. The van der Waals surface area contributed by atoms with E-state index in [0.29, 0.717) is 13.0 Å². The standard InChI is InChI=1S/C19H23NO2/c1-22-19(21)18(14-17-10-6-3-7-11-17)15-20-13-12-16-8-4-2-5-9-16/h2-11,18,20H,12-15H2,1H3. The highest BCUT2D eigenvalue weighted by Crippen LogP contribution is 2.10. The molecule has 0 bridgehead atoms. The maximum atomic E-state index is 11.9. The van der Waals surface area contributed by atoms with E-state index in [4.69, 9.17) is 4.74 Å². The van der Waals surface area contributed by atoms with E-state index in [1.54, 1.807) is 0 Å². The molecule has 2 aromatic carbocycles. The number of carbonyl (C=O) groups is 1. The largest absolute Gasteiger partial charge is 0.469 e. The maximum Gasteiger partial charge on any atom is 0.310 e. The number of carbonyl (C=O) groups excluding carboxylic acids is 1. The summed E-state index contributed by atoms with van der Waals surface area (Å²) in [6.45, 7) is 1.49. The molecule has 0 saturated carbocycles. The zero-order valence-electron chi connectivity index (χ0n) is 13.0. The average molecular weight is 297 g/mol. The summed E-state index contributed by atoms with van der Waals surface area (Å²) in [4.78, 5) is 11.9. The molecule has 1 N–H and O–H groups in total. The van der Waals surface area contributed by atoms with Gasteiger partial charge in [0.25, 0.3) is 0 Å². The van der Waals surface area contributed by atoms with Crippen LogP contribution in [0.1, 0.15) is 11.1 Å². The molecule has 0 amide bonds. The van der Waals surface area contributed by atoms with Gasteiger partial charge in [-0.05, 0) is 30.5 Å². The van der Waals surface area contributed by atoms with Crippen molar-refractivity contribution in [1.29, 1.82) is 0 Å². The summed E-state index contributed by atoms with van der Waals surface area (Å²) in [5.74, 6) is -0.306. The van der Waals surface area contributed by atoms with Crippen molar-refractivity contribution in [2.75, 3.05) is 20.2 Å². The highest BCUT2D eigenvalue weighted by Gasteiger charge is 2.19. The fraction of sp³-hybridized carbons (Fsp3) is 0.316. The van der Waals surface area contributed by atoms with Crippen molar-refractivity contribution >= 4 is 5.97 Å². The predicted octanol–water partition coefficient (Wildman–Crippen LogP) is 2.85.